The van der Waals surface area contributed by atoms with E-state index in [0.717, 1.165) is 0 Å². The SMILES string of the molecule is C=CCN(c1ccccc1)S(=O)(=O)c1cccc(C(=O)OC(C)C(=O)NC(C)(C#N)C(C)C)c1. The summed E-state index contributed by atoms with van der Waals surface area (Å²) < 4.78 is 33.0. The third-order valence-corrected chi connectivity index (χ3v) is 7.21. The number of carbonyl (C=O) groups excluding carboxylic acids is 2. The fraction of sp³-hybridized carbons (Fsp3) is 0.320. The highest BCUT2D eigenvalue weighted by Gasteiger charge is 2.33. The van der Waals surface area contributed by atoms with Crippen LogP contribution in [0.25, 0.3) is 0 Å². The Bertz CT molecular complexity index is 1190. The second kappa shape index (κ2) is 11.0. The molecule has 2 atom stereocenters. The average Bonchev–Trinajstić information content (AvgIpc) is 2.82. The van der Waals surface area contributed by atoms with E-state index in [0.29, 0.717) is 5.69 Å². The van der Waals surface area contributed by atoms with Crippen molar-refractivity contribution < 1.29 is 22.7 Å². The van der Waals surface area contributed by atoms with Crippen LogP contribution in [0.1, 0.15) is 38.1 Å². The van der Waals surface area contributed by atoms with Gasteiger partial charge in [-0.15, -0.1) is 6.58 Å². The van der Waals surface area contributed by atoms with Gasteiger partial charge in [-0.2, -0.15) is 5.26 Å². The third-order valence-electron chi connectivity index (χ3n) is 5.42. The number of para-hydroxylation sites is 1. The molecule has 0 aliphatic rings. The topological polar surface area (TPSA) is 117 Å². The van der Waals surface area contributed by atoms with Gasteiger partial charge < -0.3 is 10.1 Å². The van der Waals surface area contributed by atoms with Gasteiger partial charge in [0.2, 0.25) is 0 Å². The fourth-order valence-corrected chi connectivity index (χ4v) is 4.39. The van der Waals surface area contributed by atoms with Crippen molar-refractivity contribution in [2.45, 2.75) is 44.2 Å². The van der Waals surface area contributed by atoms with Crippen LogP contribution in [-0.4, -0.2) is 38.5 Å². The van der Waals surface area contributed by atoms with Crippen molar-refractivity contribution in [3.63, 3.8) is 0 Å². The molecule has 0 saturated heterocycles. The minimum atomic E-state index is -4.02. The van der Waals surface area contributed by atoms with E-state index >= 15 is 0 Å². The summed E-state index contributed by atoms with van der Waals surface area (Å²) in [5, 5.41) is 12.0. The number of benzene rings is 2. The summed E-state index contributed by atoms with van der Waals surface area (Å²) in [5.74, 6) is -1.66. The lowest BCUT2D eigenvalue weighted by molar-refractivity contribution is -0.130. The summed E-state index contributed by atoms with van der Waals surface area (Å²) in [7, 11) is -4.02. The van der Waals surface area contributed by atoms with Gasteiger partial charge in [-0.05, 0) is 50.1 Å². The van der Waals surface area contributed by atoms with Crippen LogP contribution in [0.2, 0.25) is 0 Å². The van der Waals surface area contributed by atoms with Crippen LogP contribution in [0.4, 0.5) is 5.69 Å². The van der Waals surface area contributed by atoms with Crippen LogP contribution in [0.3, 0.4) is 0 Å². The van der Waals surface area contributed by atoms with E-state index in [4.69, 9.17) is 4.74 Å². The highest BCUT2D eigenvalue weighted by Crippen LogP contribution is 2.24. The quantitative estimate of drug-likeness (QED) is 0.407. The molecule has 0 heterocycles. The summed E-state index contributed by atoms with van der Waals surface area (Å²) in [6.07, 6.45) is 0.274. The Balaban J connectivity index is 2.25. The van der Waals surface area contributed by atoms with E-state index in [1.807, 2.05) is 0 Å². The van der Waals surface area contributed by atoms with Crippen LogP contribution in [0.5, 0.6) is 0 Å². The van der Waals surface area contributed by atoms with E-state index in [9.17, 15) is 23.3 Å². The van der Waals surface area contributed by atoms with Gasteiger partial charge in [0, 0.05) is 0 Å². The lowest BCUT2D eigenvalue weighted by atomic mass is 9.90. The number of anilines is 1. The van der Waals surface area contributed by atoms with Gasteiger partial charge in [0.05, 0.1) is 28.8 Å². The molecule has 34 heavy (non-hydrogen) atoms. The first-order chi connectivity index (χ1) is 16.0. The van der Waals surface area contributed by atoms with Crippen LogP contribution >= 0.6 is 0 Å². The summed E-state index contributed by atoms with van der Waals surface area (Å²) in [6.45, 7) is 10.2. The van der Waals surface area contributed by atoms with Crippen LogP contribution < -0.4 is 9.62 Å². The van der Waals surface area contributed by atoms with Crippen molar-refractivity contribution in [3.05, 3.63) is 72.8 Å². The lowest BCUT2D eigenvalue weighted by Gasteiger charge is -2.28. The number of hydrogen-bond acceptors (Lipinski definition) is 6. The molecule has 0 aliphatic carbocycles. The molecule has 0 aliphatic heterocycles. The van der Waals surface area contributed by atoms with Crippen LogP contribution in [-0.2, 0) is 19.6 Å². The molecule has 0 spiro atoms. The Morgan fingerprint density at radius 1 is 1.18 bits per heavy atom. The predicted molar refractivity (Wildman–Crippen MR) is 129 cm³/mol. The molecule has 9 heteroatoms. The number of ether oxygens (including phenoxy) is 1. The number of nitriles is 1. The van der Waals surface area contributed by atoms with Gasteiger partial charge in [0.25, 0.3) is 15.9 Å². The Labute approximate surface area is 200 Å². The number of esters is 1. The lowest BCUT2D eigenvalue weighted by Crippen LogP contribution is -2.52. The standard InChI is InChI=1S/C25H29N3O5S/c1-6-15-28(21-12-8-7-9-13-21)34(31,32)22-14-10-11-20(16-22)24(30)33-19(4)23(29)27-25(5,17-26)18(2)3/h6-14,16,18-19H,1,15H2,2-5H3,(H,27,29). The average molecular weight is 484 g/mol. The molecule has 1 N–H and O–H groups in total. The van der Waals surface area contributed by atoms with E-state index in [-0.39, 0.29) is 22.9 Å². The largest absolute Gasteiger partial charge is 0.449 e. The van der Waals surface area contributed by atoms with Gasteiger partial charge in [-0.25, -0.2) is 13.2 Å². The smallest absolute Gasteiger partial charge is 0.338 e. The zero-order valence-electron chi connectivity index (χ0n) is 19.7. The van der Waals surface area contributed by atoms with E-state index < -0.39 is 33.5 Å². The number of nitrogens with one attached hydrogen (secondary N) is 1. The third kappa shape index (κ3) is 6.02. The molecule has 2 unspecified atom stereocenters. The van der Waals surface area contributed by atoms with Crippen LogP contribution in [0.15, 0.2) is 72.1 Å². The Kier molecular flexibility index (Phi) is 8.60. The predicted octanol–water partition coefficient (Wildman–Crippen LogP) is 3.67. The fourth-order valence-electron chi connectivity index (χ4n) is 2.91. The molecule has 180 valence electrons. The Morgan fingerprint density at radius 3 is 2.38 bits per heavy atom. The van der Waals surface area contributed by atoms with Gasteiger partial charge in [0.1, 0.15) is 5.54 Å². The molecule has 1 amide bonds. The zero-order valence-corrected chi connectivity index (χ0v) is 20.5. The maximum atomic E-state index is 13.3. The molecular weight excluding hydrogens is 454 g/mol. The second-order valence-electron chi connectivity index (χ2n) is 8.19. The number of hydrogen-bond donors (Lipinski definition) is 1. The van der Waals surface area contributed by atoms with Crippen molar-refractivity contribution in [1.29, 1.82) is 5.26 Å². The van der Waals surface area contributed by atoms with Crippen molar-refractivity contribution in [1.82, 2.24) is 5.32 Å². The van der Waals surface area contributed by atoms with Crippen molar-refractivity contribution >= 4 is 27.6 Å². The van der Waals surface area contributed by atoms with Crippen molar-refractivity contribution in [2.75, 3.05) is 10.8 Å². The molecule has 0 radical (unpaired) electrons. The van der Waals surface area contributed by atoms with Gasteiger partial charge >= 0.3 is 5.97 Å². The first-order valence-corrected chi connectivity index (χ1v) is 12.1. The van der Waals surface area contributed by atoms with Gasteiger partial charge in [-0.1, -0.05) is 44.2 Å². The number of rotatable bonds is 10. The normalized spacial score (nSPS) is 13.8. The first kappa shape index (κ1) is 26.6. The zero-order chi connectivity index (χ0) is 25.5. The number of carbonyl (C=O) groups is 2. The van der Waals surface area contributed by atoms with Crippen molar-refractivity contribution in [2.24, 2.45) is 5.92 Å². The second-order valence-corrected chi connectivity index (χ2v) is 10.1. The minimum absolute atomic E-state index is 0.0285. The molecule has 0 saturated carbocycles. The van der Waals surface area contributed by atoms with Gasteiger partial charge in [0.15, 0.2) is 6.10 Å². The highest BCUT2D eigenvalue weighted by atomic mass is 32.2. The number of sulfonamides is 1. The molecule has 0 bridgehead atoms. The molecule has 2 rings (SSSR count). The summed E-state index contributed by atoms with van der Waals surface area (Å²) in [5.41, 5.74) is -0.705. The van der Waals surface area contributed by atoms with Crippen molar-refractivity contribution in [3.8, 4) is 6.07 Å². The monoisotopic (exact) mass is 483 g/mol. The molecule has 2 aromatic rings. The number of amides is 1. The minimum Gasteiger partial charge on any atom is -0.449 e. The highest BCUT2D eigenvalue weighted by molar-refractivity contribution is 7.92. The molecule has 8 nitrogen and oxygen atoms in total. The Hall–Kier alpha value is -3.64. The summed E-state index contributed by atoms with van der Waals surface area (Å²) in [6, 6.07) is 16.0. The molecule has 0 aromatic heterocycles. The van der Waals surface area contributed by atoms with E-state index in [2.05, 4.69) is 18.0 Å². The molecule has 2 aromatic carbocycles. The van der Waals surface area contributed by atoms with E-state index in [1.165, 1.54) is 41.6 Å². The van der Waals surface area contributed by atoms with Gasteiger partial charge in [-0.3, -0.25) is 9.10 Å². The number of nitrogens with zero attached hydrogens (tertiary/aromatic N) is 2. The molecule has 0 fully saturated rings. The maximum Gasteiger partial charge on any atom is 0.338 e. The first-order valence-electron chi connectivity index (χ1n) is 10.7. The Morgan fingerprint density at radius 2 is 1.82 bits per heavy atom. The van der Waals surface area contributed by atoms with E-state index in [1.54, 1.807) is 51.1 Å². The maximum absolute atomic E-state index is 13.3. The molecular formula is C25H29N3O5S. The summed E-state index contributed by atoms with van der Waals surface area (Å²) in [4.78, 5) is 25.1. The van der Waals surface area contributed by atoms with Crippen LogP contribution in [0, 0.1) is 17.2 Å². The summed E-state index contributed by atoms with van der Waals surface area (Å²) >= 11 is 0.